The summed E-state index contributed by atoms with van der Waals surface area (Å²) in [5.41, 5.74) is 0.780. The molecule has 2 heterocycles. The van der Waals surface area contributed by atoms with Gasteiger partial charge in [0.1, 0.15) is 11.7 Å². The van der Waals surface area contributed by atoms with Crippen LogP contribution >= 0.6 is 0 Å². The lowest BCUT2D eigenvalue weighted by atomic mass is 10.1. The molecule has 7 heteroatoms. The molecule has 2 saturated heterocycles. The second-order valence-electron chi connectivity index (χ2n) is 5.24. The van der Waals surface area contributed by atoms with Gasteiger partial charge in [-0.05, 0) is 6.07 Å². The van der Waals surface area contributed by atoms with E-state index in [1.807, 2.05) is 11.0 Å². The van der Waals surface area contributed by atoms with Crippen molar-refractivity contribution in [3.8, 4) is 0 Å². The van der Waals surface area contributed by atoms with Gasteiger partial charge in [0.15, 0.2) is 0 Å². The van der Waals surface area contributed by atoms with Crippen LogP contribution in [0.5, 0.6) is 0 Å². The number of anilines is 1. The van der Waals surface area contributed by atoms with Gasteiger partial charge < -0.3 is 9.64 Å². The van der Waals surface area contributed by atoms with Crippen LogP contribution in [-0.4, -0.2) is 54.6 Å². The van der Waals surface area contributed by atoms with Gasteiger partial charge in [0.05, 0.1) is 11.5 Å². The molecule has 0 unspecified atom stereocenters. The molecular weight excluding hydrogens is 274 g/mol. The summed E-state index contributed by atoms with van der Waals surface area (Å²) in [5.74, 6) is -0.144. The van der Waals surface area contributed by atoms with Crippen LogP contribution in [0.2, 0.25) is 0 Å². The Hall–Kier alpha value is -2.15. The van der Waals surface area contributed by atoms with E-state index in [-0.39, 0.29) is 22.6 Å². The third-order valence-corrected chi connectivity index (χ3v) is 4.08. The first kappa shape index (κ1) is 13.8. The largest absolute Gasteiger partial charge is 0.464 e. The molecule has 0 radical (unpaired) electrons. The summed E-state index contributed by atoms with van der Waals surface area (Å²) in [5, 5.41) is 11.1. The molecule has 2 aliphatic rings. The van der Waals surface area contributed by atoms with Crippen molar-refractivity contribution in [1.82, 2.24) is 4.90 Å². The van der Waals surface area contributed by atoms with Gasteiger partial charge >= 0.3 is 5.97 Å². The van der Waals surface area contributed by atoms with Crippen molar-refractivity contribution < 1.29 is 14.5 Å². The van der Waals surface area contributed by atoms with Gasteiger partial charge in [0.2, 0.25) is 0 Å². The highest BCUT2D eigenvalue weighted by Crippen LogP contribution is 2.29. The fourth-order valence-corrected chi connectivity index (χ4v) is 2.98. The summed E-state index contributed by atoms with van der Waals surface area (Å²) in [6, 6.07) is 6.64. The van der Waals surface area contributed by atoms with E-state index in [0.717, 1.165) is 6.42 Å². The third-order valence-electron chi connectivity index (χ3n) is 4.08. The number of carbonyl (C=O) groups excluding carboxylic acids is 1. The maximum absolute atomic E-state index is 11.6. The SMILES string of the molecule is O=C1OCC[C@H]1N1CCN(c2ccccc2[N+](=O)[O-])CC1. The van der Waals surface area contributed by atoms with Gasteiger partial charge in [-0.3, -0.25) is 19.8 Å². The Balaban J connectivity index is 1.69. The Labute approximate surface area is 122 Å². The zero-order chi connectivity index (χ0) is 14.8. The maximum Gasteiger partial charge on any atom is 0.323 e. The van der Waals surface area contributed by atoms with E-state index in [1.165, 1.54) is 6.07 Å². The Morgan fingerprint density at radius 2 is 1.90 bits per heavy atom. The van der Waals surface area contributed by atoms with Gasteiger partial charge in [-0.15, -0.1) is 0 Å². The van der Waals surface area contributed by atoms with Crippen LogP contribution in [0, 0.1) is 10.1 Å². The van der Waals surface area contributed by atoms with Crippen LogP contribution in [-0.2, 0) is 9.53 Å². The number of ether oxygens (including phenoxy) is 1. The lowest BCUT2D eigenvalue weighted by Gasteiger charge is -2.37. The maximum atomic E-state index is 11.6. The summed E-state index contributed by atoms with van der Waals surface area (Å²) < 4.78 is 5.00. The number of cyclic esters (lactones) is 1. The van der Waals surface area contributed by atoms with Crippen LogP contribution in [0.3, 0.4) is 0 Å². The second-order valence-corrected chi connectivity index (χ2v) is 5.24. The van der Waals surface area contributed by atoms with Crippen molar-refractivity contribution in [2.45, 2.75) is 12.5 Å². The van der Waals surface area contributed by atoms with Gasteiger partial charge in [-0.25, -0.2) is 0 Å². The molecule has 3 rings (SSSR count). The van der Waals surface area contributed by atoms with Crippen molar-refractivity contribution >= 4 is 17.3 Å². The highest BCUT2D eigenvalue weighted by molar-refractivity contribution is 5.77. The number of rotatable bonds is 3. The minimum absolute atomic E-state index is 0.131. The zero-order valence-electron chi connectivity index (χ0n) is 11.6. The Kier molecular flexibility index (Phi) is 3.74. The van der Waals surface area contributed by atoms with E-state index in [1.54, 1.807) is 12.1 Å². The summed E-state index contributed by atoms with van der Waals surface area (Å²) >= 11 is 0. The summed E-state index contributed by atoms with van der Waals surface area (Å²) in [7, 11) is 0. The van der Waals surface area contributed by atoms with Crippen LogP contribution in [0.15, 0.2) is 24.3 Å². The van der Waals surface area contributed by atoms with Crippen molar-refractivity contribution in [3.63, 3.8) is 0 Å². The predicted molar refractivity (Wildman–Crippen MR) is 76.2 cm³/mol. The van der Waals surface area contributed by atoms with E-state index in [2.05, 4.69) is 4.90 Å². The number of nitro groups is 1. The standard InChI is InChI=1S/C14H17N3O4/c18-14-13(5-10-21-14)16-8-6-15(7-9-16)11-3-1-2-4-12(11)17(19)20/h1-4,13H,5-10H2/t13-/m1/s1. The molecule has 2 aliphatic heterocycles. The van der Waals surface area contributed by atoms with Gasteiger partial charge in [-0.1, -0.05) is 12.1 Å². The van der Waals surface area contributed by atoms with Crippen LogP contribution < -0.4 is 4.90 Å². The zero-order valence-corrected chi connectivity index (χ0v) is 11.6. The Morgan fingerprint density at radius 3 is 2.52 bits per heavy atom. The van der Waals surface area contributed by atoms with Crippen molar-refractivity contribution in [1.29, 1.82) is 0 Å². The molecule has 0 aliphatic carbocycles. The molecule has 1 aromatic carbocycles. The average molecular weight is 291 g/mol. The quantitative estimate of drug-likeness (QED) is 0.470. The number of esters is 1. The van der Waals surface area contributed by atoms with Crippen molar-refractivity contribution in [2.24, 2.45) is 0 Å². The summed E-state index contributed by atoms with van der Waals surface area (Å²) in [4.78, 5) is 26.5. The smallest absolute Gasteiger partial charge is 0.323 e. The second kappa shape index (κ2) is 5.69. The number of hydrogen-bond donors (Lipinski definition) is 0. The molecule has 0 bridgehead atoms. The molecule has 112 valence electrons. The molecule has 0 spiro atoms. The third kappa shape index (κ3) is 2.69. The number of para-hydroxylation sites is 2. The van der Waals surface area contributed by atoms with E-state index in [0.29, 0.717) is 38.5 Å². The number of piperazine rings is 1. The topological polar surface area (TPSA) is 75.9 Å². The van der Waals surface area contributed by atoms with Gasteiger partial charge in [0, 0.05) is 38.7 Å². The average Bonchev–Trinajstić information content (AvgIpc) is 2.93. The Morgan fingerprint density at radius 1 is 1.19 bits per heavy atom. The van der Waals surface area contributed by atoms with Crippen LogP contribution in [0.25, 0.3) is 0 Å². The van der Waals surface area contributed by atoms with E-state index >= 15 is 0 Å². The lowest BCUT2D eigenvalue weighted by Crippen LogP contribution is -2.51. The van der Waals surface area contributed by atoms with E-state index in [9.17, 15) is 14.9 Å². The van der Waals surface area contributed by atoms with Gasteiger partial charge in [0.25, 0.3) is 5.69 Å². The monoisotopic (exact) mass is 291 g/mol. The van der Waals surface area contributed by atoms with E-state index in [4.69, 9.17) is 4.74 Å². The number of carbonyl (C=O) groups is 1. The molecule has 0 N–H and O–H groups in total. The molecular formula is C14H17N3O4. The molecule has 0 amide bonds. The number of nitro benzene ring substituents is 1. The number of nitrogens with zero attached hydrogens (tertiary/aromatic N) is 3. The van der Waals surface area contributed by atoms with Crippen LogP contribution in [0.4, 0.5) is 11.4 Å². The first-order valence-corrected chi connectivity index (χ1v) is 7.06. The van der Waals surface area contributed by atoms with Crippen molar-refractivity contribution in [2.75, 3.05) is 37.7 Å². The molecule has 0 saturated carbocycles. The fourth-order valence-electron chi connectivity index (χ4n) is 2.98. The molecule has 7 nitrogen and oxygen atoms in total. The lowest BCUT2D eigenvalue weighted by molar-refractivity contribution is -0.384. The number of hydrogen-bond acceptors (Lipinski definition) is 6. The summed E-state index contributed by atoms with van der Waals surface area (Å²) in [6.45, 7) is 3.27. The first-order chi connectivity index (χ1) is 10.2. The summed E-state index contributed by atoms with van der Waals surface area (Å²) in [6.07, 6.45) is 0.740. The minimum Gasteiger partial charge on any atom is -0.464 e. The number of benzene rings is 1. The van der Waals surface area contributed by atoms with Gasteiger partial charge in [-0.2, -0.15) is 0 Å². The molecule has 1 atom stereocenters. The van der Waals surface area contributed by atoms with E-state index < -0.39 is 0 Å². The fraction of sp³-hybridized carbons (Fsp3) is 0.500. The molecule has 2 fully saturated rings. The molecule has 1 aromatic rings. The predicted octanol–water partition coefficient (Wildman–Crippen LogP) is 1.03. The van der Waals surface area contributed by atoms with Crippen LogP contribution in [0.1, 0.15) is 6.42 Å². The highest BCUT2D eigenvalue weighted by atomic mass is 16.6. The molecule has 0 aromatic heterocycles. The first-order valence-electron chi connectivity index (χ1n) is 7.06. The Bertz CT molecular complexity index is 555. The molecule has 21 heavy (non-hydrogen) atoms. The minimum atomic E-state index is -0.351. The highest BCUT2D eigenvalue weighted by Gasteiger charge is 2.34. The normalized spacial score (nSPS) is 23.1. The van der Waals surface area contributed by atoms with Crippen molar-refractivity contribution in [3.05, 3.63) is 34.4 Å².